The van der Waals surface area contributed by atoms with E-state index in [0.717, 1.165) is 22.6 Å². The lowest BCUT2D eigenvalue weighted by Crippen LogP contribution is -2.12. The molecule has 0 aliphatic rings. The van der Waals surface area contributed by atoms with Gasteiger partial charge in [-0.1, -0.05) is 36.4 Å². The number of hydrogen-bond acceptors (Lipinski definition) is 2. The minimum Gasteiger partial charge on any atom is -0.508 e. The van der Waals surface area contributed by atoms with E-state index in [2.05, 4.69) is 36.1 Å². The summed E-state index contributed by atoms with van der Waals surface area (Å²) in [6.45, 7) is 4.13. The molecule has 0 saturated carbocycles. The van der Waals surface area contributed by atoms with Crippen LogP contribution < -0.4 is 4.90 Å². The first-order valence-electron chi connectivity index (χ1n) is 7.37. The summed E-state index contributed by atoms with van der Waals surface area (Å²) in [7, 11) is 0. The zero-order chi connectivity index (χ0) is 15.5. The van der Waals surface area contributed by atoms with E-state index < -0.39 is 0 Å². The maximum atomic E-state index is 9.70. The second-order valence-corrected chi connectivity index (χ2v) is 5.43. The molecule has 2 heteroatoms. The first-order valence-corrected chi connectivity index (χ1v) is 7.37. The number of phenols is 1. The van der Waals surface area contributed by atoms with E-state index in [-0.39, 0.29) is 0 Å². The van der Waals surface area contributed by atoms with Crippen molar-refractivity contribution in [2.75, 3.05) is 4.90 Å². The minimum atomic E-state index is 0.291. The molecule has 0 aliphatic carbocycles. The Morgan fingerprint density at radius 1 is 0.682 bits per heavy atom. The van der Waals surface area contributed by atoms with Crippen LogP contribution in [-0.4, -0.2) is 5.11 Å². The maximum absolute atomic E-state index is 9.70. The van der Waals surface area contributed by atoms with Gasteiger partial charge in [-0.2, -0.15) is 0 Å². The van der Waals surface area contributed by atoms with Gasteiger partial charge in [-0.05, 0) is 61.4 Å². The van der Waals surface area contributed by atoms with Crippen molar-refractivity contribution >= 4 is 17.1 Å². The van der Waals surface area contributed by atoms with Gasteiger partial charge in [0.1, 0.15) is 5.75 Å². The molecule has 3 aromatic rings. The van der Waals surface area contributed by atoms with Crippen molar-refractivity contribution in [1.82, 2.24) is 0 Å². The topological polar surface area (TPSA) is 23.5 Å². The molecule has 3 rings (SSSR count). The zero-order valence-electron chi connectivity index (χ0n) is 12.8. The molecule has 0 unspecified atom stereocenters. The van der Waals surface area contributed by atoms with Gasteiger partial charge in [0.05, 0.1) is 0 Å². The summed E-state index contributed by atoms with van der Waals surface area (Å²) in [5.74, 6) is 0.291. The maximum Gasteiger partial charge on any atom is 0.115 e. The van der Waals surface area contributed by atoms with Gasteiger partial charge in [-0.25, -0.2) is 0 Å². The smallest absolute Gasteiger partial charge is 0.115 e. The number of benzene rings is 3. The van der Waals surface area contributed by atoms with Crippen LogP contribution in [0, 0.1) is 13.8 Å². The predicted octanol–water partition coefficient (Wildman–Crippen LogP) is 5.48. The Bertz CT molecular complexity index is 781. The van der Waals surface area contributed by atoms with Gasteiger partial charge in [-0.3, -0.25) is 0 Å². The van der Waals surface area contributed by atoms with E-state index in [4.69, 9.17) is 0 Å². The highest BCUT2D eigenvalue weighted by Gasteiger charge is 2.15. The summed E-state index contributed by atoms with van der Waals surface area (Å²) >= 11 is 0. The number of rotatable bonds is 3. The zero-order valence-corrected chi connectivity index (χ0v) is 12.8. The largest absolute Gasteiger partial charge is 0.508 e. The van der Waals surface area contributed by atoms with E-state index in [1.807, 2.05) is 43.3 Å². The van der Waals surface area contributed by atoms with Crippen LogP contribution in [0.25, 0.3) is 0 Å². The van der Waals surface area contributed by atoms with E-state index in [9.17, 15) is 5.11 Å². The van der Waals surface area contributed by atoms with Gasteiger partial charge in [0.15, 0.2) is 0 Å². The molecule has 0 amide bonds. The molecule has 0 atom stereocenters. The highest BCUT2D eigenvalue weighted by molar-refractivity contribution is 5.80. The first-order chi connectivity index (χ1) is 10.7. The van der Waals surface area contributed by atoms with E-state index in [0.29, 0.717) is 5.75 Å². The lowest BCUT2D eigenvalue weighted by Gasteiger charge is -2.28. The van der Waals surface area contributed by atoms with Crippen LogP contribution in [0.3, 0.4) is 0 Å². The fourth-order valence-electron chi connectivity index (χ4n) is 2.69. The van der Waals surface area contributed by atoms with E-state index >= 15 is 0 Å². The van der Waals surface area contributed by atoms with Crippen molar-refractivity contribution in [3.8, 4) is 5.75 Å². The van der Waals surface area contributed by atoms with Crippen molar-refractivity contribution in [2.24, 2.45) is 0 Å². The quantitative estimate of drug-likeness (QED) is 0.690. The Balaban J connectivity index is 2.22. The molecule has 0 spiro atoms. The van der Waals surface area contributed by atoms with Crippen LogP contribution in [0.1, 0.15) is 11.1 Å². The van der Waals surface area contributed by atoms with Crippen LogP contribution in [0.5, 0.6) is 5.75 Å². The highest BCUT2D eigenvalue weighted by atomic mass is 16.3. The normalized spacial score (nSPS) is 10.5. The molecular formula is C20H19NO. The molecule has 22 heavy (non-hydrogen) atoms. The van der Waals surface area contributed by atoms with Crippen molar-refractivity contribution in [1.29, 1.82) is 0 Å². The number of aryl methyl sites for hydroxylation is 2. The molecule has 3 aromatic carbocycles. The monoisotopic (exact) mass is 289 g/mol. The fraction of sp³-hybridized carbons (Fsp3) is 0.100. The summed E-state index contributed by atoms with van der Waals surface area (Å²) in [6, 6.07) is 24.1. The lowest BCUT2D eigenvalue weighted by molar-refractivity contribution is 0.475. The third-order valence-corrected chi connectivity index (χ3v) is 3.79. The summed E-state index contributed by atoms with van der Waals surface area (Å²) in [5.41, 5.74) is 5.55. The number of anilines is 3. The lowest BCUT2D eigenvalue weighted by atomic mass is 10.1. The van der Waals surface area contributed by atoms with Crippen LogP contribution >= 0.6 is 0 Å². The van der Waals surface area contributed by atoms with E-state index in [1.165, 1.54) is 5.56 Å². The summed E-state index contributed by atoms with van der Waals surface area (Å²) in [6.07, 6.45) is 0. The molecule has 110 valence electrons. The molecule has 1 N–H and O–H groups in total. The van der Waals surface area contributed by atoms with Gasteiger partial charge in [0, 0.05) is 17.1 Å². The Labute approximate surface area is 131 Å². The Morgan fingerprint density at radius 2 is 1.32 bits per heavy atom. The average molecular weight is 289 g/mol. The van der Waals surface area contributed by atoms with Gasteiger partial charge >= 0.3 is 0 Å². The Hall–Kier alpha value is -2.74. The number of para-hydroxylation sites is 2. The number of aromatic hydroxyl groups is 1. The summed E-state index contributed by atoms with van der Waals surface area (Å²) in [4.78, 5) is 2.23. The molecule has 2 nitrogen and oxygen atoms in total. The molecule has 0 saturated heterocycles. The molecule has 0 bridgehead atoms. The third-order valence-electron chi connectivity index (χ3n) is 3.79. The van der Waals surface area contributed by atoms with Crippen LogP contribution in [0.2, 0.25) is 0 Å². The standard InChI is InChI=1S/C20H19NO/c1-15-8-6-7-11-19(15)21(17-9-4-3-5-10-17)20-13-12-18(22)14-16(20)2/h3-14,22H,1-2H3. The molecular weight excluding hydrogens is 270 g/mol. The van der Waals surface area contributed by atoms with Gasteiger partial charge in [-0.15, -0.1) is 0 Å². The van der Waals surface area contributed by atoms with Crippen molar-refractivity contribution in [2.45, 2.75) is 13.8 Å². The van der Waals surface area contributed by atoms with Gasteiger partial charge in [0.2, 0.25) is 0 Å². The Morgan fingerprint density at radius 3 is 2.00 bits per heavy atom. The molecule has 0 fully saturated rings. The summed E-state index contributed by atoms with van der Waals surface area (Å²) in [5, 5.41) is 9.70. The fourth-order valence-corrected chi connectivity index (χ4v) is 2.69. The summed E-state index contributed by atoms with van der Waals surface area (Å²) < 4.78 is 0. The van der Waals surface area contributed by atoms with Crippen LogP contribution in [-0.2, 0) is 0 Å². The first kappa shape index (κ1) is 14.2. The minimum absolute atomic E-state index is 0.291. The molecule has 0 heterocycles. The second-order valence-electron chi connectivity index (χ2n) is 5.43. The SMILES string of the molecule is Cc1ccccc1N(c1ccccc1)c1ccc(O)cc1C. The molecule has 0 aromatic heterocycles. The highest BCUT2D eigenvalue weighted by Crippen LogP contribution is 2.38. The van der Waals surface area contributed by atoms with Crippen molar-refractivity contribution in [3.63, 3.8) is 0 Å². The number of hydrogen-bond donors (Lipinski definition) is 1. The van der Waals surface area contributed by atoms with Gasteiger partial charge < -0.3 is 10.0 Å². The molecule has 0 radical (unpaired) electrons. The van der Waals surface area contributed by atoms with Crippen molar-refractivity contribution in [3.05, 3.63) is 83.9 Å². The van der Waals surface area contributed by atoms with Crippen molar-refractivity contribution < 1.29 is 5.11 Å². The number of phenolic OH excluding ortho intramolecular Hbond substituents is 1. The Kier molecular flexibility index (Phi) is 3.84. The average Bonchev–Trinajstić information content (AvgIpc) is 2.52. The third kappa shape index (κ3) is 2.68. The number of nitrogens with zero attached hydrogens (tertiary/aromatic N) is 1. The van der Waals surface area contributed by atoms with Gasteiger partial charge in [0.25, 0.3) is 0 Å². The molecule has 0 aliphatic heterocycles. The van der Waals surface area contributed by atoms with Crippen LogP contribution in [0.4, 0.5) is 17.1 Å². The second kappa shape index (κ2) is 5.94. The van der Waals surface area contributed by atoms with E-state index in [1.54, 1.807) is 12.1 Å². The van der Waals surface area contributed by atoms with Crippen LogP contribution in [0.15, 0.2) is 72.8 Å². The predicted molar refractivity (Wildman–Crippen MR) is 92.3 cm³/mol.